The van der Waals surface area contributed by atoms with Crippen LogP contribution in [0.5, 0.6) is 0 Å². The summed E-state index contributed by atoms with van der Waals surface area (Å²) in [6, 6.07) is 0. The minimum Gasteiger partial charge on any atom is -0.307 e. The van der Waals surface area contributed by atoms with Gasteiger partial charge in [0.2, 0.25) is 0 Å². The number of aromatic amines is 1. The molecule has 0 aromatic carbocycles. The molecule has 2 rings (SSSR count). The van der Waals surface area contributed by atoms with Crippen molar-refractivity contribution in [1.82, 2.24) is 24.7 Å². The molecule has 4 N–H and O–H groups in total. The van der Waals surface area contributed by atoms with Crippen LogP contribution in [-0.2, 0) is 7.05 Å². The first-order valence-electron chi connectivity index (χ1n) is 4.40. The van der Waals surface area contributed by atoms with Gasteiger partial charge >= 0.3 is 5.69 Å². The van der Waals surface area contributed by atoms with Crippen LogP contribution in [-0.4, -0.2) is 24.7 Å². The molecule has 2 aromatic rings. The number of aromatic nitrogens is 5. The van der Waals surface area contributed by atoms with Crippen LogP contribution in [0.4, 0.5) is 5.82 Å². The quantitative estimate of drug-likeness (QED) is 0.417. The summed E-state index contributed by atoms with van der Waals surface area (Å²) in [4.78, 5) is 19.2. The highest BCUT2D eigenvalue weighted by molar-refractivity contribution is 9.10. The van der Waals surface area contributed by atoms with E-state index in [1.165, 1.54) is 22.7 Å². The van der Waals surface area contributed by atoms with Crippen LogP contribution in [0.15, 0.2) is 25.8 Å². The van der Waals surface area contributed by atoms with Crippen LogP contribution >= 0.6 is 27.7 Å². The van der Waals surface area contributed by atoms with Crippen molar-refractivity contribution in [3.63, 3.8) is 0 Å². The van der Waals surface area contributed by atoms with E-state index in [1.807, 2.05) is 0 Å². The lowest BCUT2D eigenvalue weighted by Gasteiger charge is -2.05. The average molecular weight is 318 g/mol. The number of hydrogen-bond acceptors (Lipinski definition) is 7. The smallest absolute Gasteiger partial charge is 0.307 e. The number of halogens is 1. The van der Waals surface area contributed by atoms with Crippen molar-refractivity contribution in [1.29, 1.82) is 0 Å². The standard InChI is InChI=1S/C7H8BrN7OS/c1-15-6(16)13-14-7(15)17-5-3(8)4(12-9)10-2-11-5/h2H,9H2,1H3,(H,13,16)(H,10,11,12). The second kappa shape index (κ2) is 4.85. The van der Waals surface area contributed by atoms with Crippen LogP contribution in [0.25, 0.3) is 0 Å². The van der Waals surface area contributed by atoms with E-state index in [0.29, 0.717) is 20.5 Å². The molecule has 2 aromatic heterocycles. The van der Waals surface area contributed by atoms with Gasteiger partial charge in [0.25, 0.3) is 0 Å². The molecule has 0 saturated carbocycles. The first kappa shape index (κ1) is 12.1. The zero-order valence-corrected chi connectivity index (χ0v) is 11.0. The number of nitrogen functional groups attached to an aromatic ring is 1. The fourth-order valence-electron chi connectivity index (χ4n) is 1.04. The van der Waals surface area contributed by atoms with Crippen molar-refractivity contribution in [3.05, 3.63) is 21.3 Å². The third-order valence-electron chi connectivity index (χ3n) is 1.92. The van der Waals surface area contributed by atoms with Gasteiger partial charge in [-0.05, 0) is 27.7 Å². The molecule has 0 aliphatic heterocycles. The molecule has 90 valence electrons. The molecule has 0 saturated heterocycles. The Bertz CT molecular complexity index is 594. The second-order valence-electron chi connectivity index (χ2n) is 2.96. The molecule has 0 amide bonds. The molecule has 2 heterocycles. The number of hydrazine groups is 1. The molecule has 0 radical (unpaired) electrons. The molecule has 0 fully saturated rings. The van der Waals surface area contributed by atoms with E-state index < -0.39 is 0 Å². The van der Waals surface area contributed by atoms with E-state index in [2.05, 4.69) is 41.5 Å². The molecule has 8 nitrogen and oxygen atoms in total. The fourth-order valence-corrected chi connectivity index (χ4v) is 2.37. The molecular formula is C7H8BrN7OS. The molecule has 10 heteroatoms. The van der Waals surface area contributed by atoms with Crippen LogP contribution in [0.1, 0.15) is 0 Å². The van der Waals surface area contributed by atoms with Gasteiger partial charge in [-0.2, -0.15) is 0 Å². The van der Waals surface area contributed by atoms with E-state index >= 15 is 0 Å². The van der Waals surface area contributed by atoms with Crippen LogP contribution in [0.3, 0.4) is 0 Å². The van der Waals surface area contributed by atoms with Crippen molar-refractivity contribution in [2.45, 2.75) is 10.2 Å². The van der Waals surface area contributed by atoms with Crippen LogP contribution in [0.2, 0.25) is 0 Å². The van der Waals surface area contributed by atoms with Gasteiger partial charge in [-0.25, -0.2) is 25.7 Å². The monoisotopic (exact) mass is 317 g/mol. The summed E-state index contributed by atoms with van der Waals surface area (Å²) >= 11 is 4.53. The Labute approximate surface area is 108 Å². The number of hydrogen-bond donors (Lipinski definition) is 3. The summed E-state index contributed by atoms with van der Waals surface area (Å²) in [6.45, 7) is 0. The molecule has 0 bridgehead atoms. The minimum atomic E-state index is -0.283. The van der Waals surface area contributed by atoms with Gasteiger partial charge in [-0.1, -0.05) is 0 Å². The number of nitrogens with zero attached hydrogens (tertiary/aromatic N) is 4. The normalized spacial score (nSPS) is 10.5. The van der Waals surface area contributed by atoms with Gasteiger partial charge in [-0.15, -0.1) is 5.10 Å². The Morgan fingerprint density at radius 2 is 2.35 bits per heavy atom. The Morgan fingerprint density at radius 1 is 1.59 bits per heavy atom. The average Bonchev–Trinajstić information content (AvgIpc) is 2.64. The number of H-pyrrole nitrogens is 1. The zero-order valence-electron chi connectivity index (χ0n) is 8.64. The van der Waals surface area contributed by atoms with Crippen molar-refractivity contribution >= 4 is 33.5 Å². The minimum absolute atomic E-state index is 0.283. The number of nitrogens with two attached hydrogens (primary N) is 1. The largest absolute Gasteiger partial charge is 0.343 e. The molecule has 0 spiro atoms. The Hall–Kier alpha value is -1.39. The van der Waals surface area contributed by atoms with Gasteiger partial charge in [-0.3, -0.25) is 4.57 Å². The summed E-state index contributed by atoms with van der Waals surface area (Å²) in [5, 5.41) is 7.31. The molecular weight excluding hydrogens is 310 g/mol. The van der Waals surface area contributed by atoms with Gasteiger partial charge in [0, 0.05) is 7.05 Å². The van der Waals surface area contributed by atoms with Gasteiger partial charge in [0.15, 0.2) is 11.0 Å². The van der Waals surface area contributed by atoms with Gasteiger partial charge < -0.3 is 5.43 Å². The lowest BCUT2D eigenvalue weighted by molar-refractivity contribution is 0.764. The van der Waals surface area contributed by atoms with E-state index in [4.69, 9.17) is 5.84 Å². The lowest BCUT2D eigenvalue weighted by Crippen LogP contribution is -2.13. The van der Waals surface area contributed by atoms with Crippen molar-refractivity contribution in [3.8, 4) is 0 Å². The predicted molar refractivity (Wildman–Crippen MR) is 65.5 cm³/mol. The highest BCUT2D eigenvalue weighted by Gasteiger charge is 2.13. The first-order valence-corrected chi connectivity index (χ1v) is 6.00. The van der Waals surface area contributed by atoms with Crippen LogP contribution in [0, 0.1) is 0 Å². The topological polar surface area (TPSA) is 115 Å². The van der Waals surface area contributed by atoms with E-state index in [1.54, 1.807) is 7.05 Å². The Balaban J connectivity index is 2.36. The summed E-state index contributed by atoms with van der Waals surface area (Å²) in [7, 11) is 1.62. The highest BCUT2D eigenvalue weighted by atomic mass is 79.9. The summed E-state index contributed by atoms with van der Waals surface area (Å²) in [5.41, 5.74) is 2.15. The fraction of sp³-hybridized carbons (Fsp3) is 0.143. The maximum Gasteiger partial charge on any atom is 0.343 e. The zero-order chi connectivity index (χ0) is 12.4. The number of nitrogens with one attached hydrogen (secondary N) is 2. The van der Waals surface area contributed by atoms with Crippen molar-refractivity contribution in [2.75, 3.05) is 5.43 Å². The maximum absolute atomic E-state index is 11.2. The third-order valence-corrected chi connectivity index (χ3v) is 3.99. The molecule has 17 heavy (non-hydrogen) atoms. The molecule has 0 aliphatic carbocycles. The van der Waals surface area contributed by atoms with Crippen molar-refractivity contribution in [2.24, 2.45) is 12.9 Å². The summed E-state index contributed by atoms with van der Waals surface area (Å²) < 4.78 is 2.00. The van der Waals surface area contributed by atoms with E-state index in [9.17, 15) is 4.79 Å². The first-order chi connectivity index (χ1) is 8.13. The number of anilines is 1. The molecule has 0 aliphatic rings. The molecule has 0 atom stereocenters. The van der Waals surface area contributed by atoms with E-state index in [0.717, 1.165) is 0 Å². The Kier molecular flexibility index (Phi) is 3.45. The van der Waals surface area contributed by atoms with Gasteiger partial charge in [0.1, 0.15) is 11.4 Å². The summed E-state index contributed by atoms with van der Waals surface area (Å²) in [6.07, 6.45) is 1.37. The van der Waals surface area contributed by atoms with Crippen molar-refractivity contribution < 1.29 is 0 Å². The molecule has 0 unspecified atom stereocenters. The SMILES string of the molecule is Cn1c(Sc2ncnc(NN)c2Br)n[nH]c1=O. The highest BCUT2D eigenvalue weighted by Crippen LogP contribution is 2.32. The third kappa shape index (κ3) is 2.33. The van der Waals surface area contributed by atoms with E-state index in [-0.39, 0.29) is 5.69 Å². The maximum atomic E-state index is 11.2. The summed E-state index contributed by atoms with van der Waals surface area (Å²) in [5.74, 6) is 5.75. The Morgan fingerprint density at radius 3 is 2.94 bits per heavy atom. The second-order valence-corrected chi connectivity index (χ2v) is 4.71. The lowest BCUT2D eigenvalue weighted by atomic mass is 10.6. The predicted octanol–water partition coefficient (Wildman–Crippen LogP) is 0.0977. The van der Waals surface area contributed by atoms with Crippen LogP contribution < -0.4 is 17.0 Å². The number of rotatable bonds is 3. The van der Waals surface area contributed by atoms with Gasteiger partial charge in [0.05, 0.1) is 4.47 Å².